The minimum Gasteiger partial charge on any atom is -0.443 e. The molecule has 0 amide bonds. The first kappa shape index (κ1) is 13.5. The van der Waals surface area contributed by atoms with E-state index in [-0.39, 0.29) is 0 Å². The maximum absolute atomic E-state index is 8.60. The lowest BCUT2D eigenvalue weighted by molar-refractivity contribution is 0.572. The van der Waals surface area contributed by atoms with Crippen molar-refractivity contribution in [3.05, 3.63) is 35.8 Å². The zero-order chi connectivity index (χ0) is 13.7. The summed E-state index contributed by atoms with van der Waals surface area (Å²) in [5, 5.41) is 12.2. The molecule has 0 radical (unpaired) electrons. The molecule has 1 aromatic heterocycles. The van der Waals surface area contributed by atoms with Gasteiger partial charge in [-0.2, -0.15) is 5.26 Å². The number of amidine groups is 1. The molecule has 2 rings (SSSR count). The molecular formula is C12H9ClN4OS. The van der Waals surface area contributed by atoms with Crippen molar-refractivity contribution in [1.29, 1.82) is 5.26 Å². The molecule has 0 aliphatic carbocycles. The topological polar surface area (TPSA) is 74.2 Å². The Kier molecular flexibility index (Phi) is 4.44. The zero-order valence-electron chi connectivity index (χ0n) is 9.92. The number of thioether (sulfide) groups is 1. The van der Waals surface area contributed by atoms with Crippen molar-refractivity contribution in [2.24, 2.45) is 4.99 Å². The molecule has 0 atom stereocenters. The third-order valence-corrected chi connectivity index (χ3v) is 3.14. The summed E-state index contributed by atoms with van der Waals surface area (Å²) in [6, 6.07) is 5.26. The number of nitrogens with one attached hydrogen (secondary N) is 1. The molecule has 19 heavy (non-hydrogen) atoms. The minimum absolute atomic E-state index is 0.508. The summed E-state index contributed by atoms with van der Waals surface area (Å²) >= 11 is 7.45. The van der Waals surface area contributed by atoms with E-state index >= 15 is 0 Å². The maximum atomic E-state index is 8.60. The molecule has 0 saturated heterocycles. The zero-order valence-corrected chi connectivity index (χ0v) is 11.5. The Morgan fingerprint density at radius 3 is 3.05 bits per heavy atom. The van der Waals surface area contributed by atoms with E-state index in [0.717, 1.165) is 0 Å². The van der Waals surface area contributed by atoms with Crippen molar-refractivity contribution in [3.8, 4) is 17.5 Å². The van der Waals surface area contributed by atoms with Gasteiger partial charge >= 0.3 is 0 Å². The quantitative estimate of drug-likeness (QED) is 0.397. The number of oxazole rings is 1. The van der Waals surface area contributed by atoms with E-state index in [1.807, 2.05) is 12.4 Å². The smallest absolute Gasteiger partial charge is 0.183 e. The van der Waals surface area contributed by atoms with Crippen LogP contribution in [-0.4, -0.2) is 16.4 Å². The lowest BCUT2D eigenvalue weighted by Gasteiger charge is -2.03. The van der Waals surface area contributed by atoms with Crippen LogP contribution in [0.3, 0.4) is 0 Å². The lowest BCUT2D eigenvalue weighted by Crippen LogP contribution is -2.12. The van der Waals surface area contributed by atoms with E-state index in [1.165, 1.54) is 18.2 Å². The van der Waals surface area contributed by atoms with E-state index in [1.54, 1.807) is 24.4 Å². The summed E-state index contributed by atoms with van der Waals surface area (Å²) in [6.07, 6.45) is 6.59. The second-order valence-corrected chi connectivity index (χ2v) is 4.59. The summed E-state index contributed by atoms with van der Waals surface area (Å²) in [4.78, 5) is 8.16. The highest BCUT2D eigenvalue weighted by molar-refractivity contribution is 8.13. The first-order valence-electron chi connectivity index (χ1n) is 5.21. The molecule has 2 aromatic rings. The van der Waals surface area contributed by atoms with Crippen LogP contribution in [0.1, 0.15) is 0 Å². The molecule has 1 N–H and O–H groups in total. The molecule has 0 fully saturated rings. The van der Waals surface area contributed by atoms with Gasteiger partial charge in [0.15, 0.2) is 23.5 Å². The molecule has 5 nitrogen and oxygen atoms in total. The summed E-state index contributed by atoms with van der Waals surface area (Å²) in [6.45, 7) is 0. The summed E-state index contributed by atoms with van der Waals surface area (Å²) < 4.78 is 5.22. The Bertz CT molecular complexity index is 634. The number of aliphatic imine (C=N–C) groups is 1. The summed E-state index contributed by atoms with van der Waals surface area (Å²) in [5.74, 6) is 0.570. The van der Waals surface area contributed by atoms with Gasteiger partial charge in [-0.25, -0.2) is 9.98 Å². The third-order valence-electron chi connectivity index (χ3n) is 2.23. The number of halogens is 1. The van der Waals surface area contributed by atoms with Gasteiger partial charge in [-0.05, 0) is 24.5 Å². The van der Waals surface area contributed by atoms with Gasteiger partial charge in [-0.3, -0.25) is 5.32 Å². The van der Waals surface area contributed by atoms with Crippen LogP contribution in [0.5, 0.6) is 0 Å². The van der Waals surface area contributed by atoms with Gasteiger partial charge in [0.1, 0.15) is 0 Å². The average Bonchev–Trinajstić information content (AvgIpc) is 2.94. The normalized spacial score (nSPS) is 11.1. The maximum Gasteiger partial charge on any atom is 0.183 e. The fraction of sp³-hybridized carbons (Fsp3) is 0.0833. The van der Waals surface area contributed by atoms with Crippen molar-refractivity contribution in [3.63, 3.8) is 0 Å². The van der Waals surface area contributed by atoms with E-state index in [0.29, 0.717) is 27.2 Å². The second-order valence-electron chi connectivity index (χ2n) is 3.39. The average molecular weight is 293 g/mol. The van der Waals surface area contributed by atoms with Crippen molar-refractivity contribution in [2.45, 2.75) is 0 Å². The number of hydrogen-bond acceptors (Lipinski definition) is 5. The van der Waals surface area contributed by atoms with Crippen LogP contribution in [0.2, 0.25) is 5.02 Å². The first-order valence-corrected chi connectivity index (χ1v) is 6.81. The fourth-order valence-electron chi connectivity index (χ4n) is 1.41. The number of benzene rings is 1. The van der Waals surface area contributed by atoms with Crippen LogP contribution >= 0.6 is 23.4 Å². The van der Waals surface area contributed by atoms with Crippen LogP contribution < -0.4 is 5.32 Å². The van der Waals surface area contributed by atoms with Gasteiger partial charge in [0.05, 0.1) is 16.9 Å². The monoisotopic (exact) mass is 292 g/mol. The van der Waals surface area contributed by atoms with Crippen molar-refractivity contribution in [1.82, 2.24) is 10.3 Å². The molecule has 0 bridgehead atoms. The minimum atomic E-state index is 0.508. The SMILES string of the molecule is CSC(=Nc1ccc(Cl)c(-c2cnco2)c1)NC#N. The van der Waals surface area contributed by atoms with E-state index in [4.69, 9.17) is 21.3 Å². The molecule has 0 spiro atoms. The Balaban J connectivity index is 2.39. The van der Waals surface area contributed by atoms with E-state index in [2.05, 4.69) is 15.3 Å². The van der Waals surface area contributed by atoms with Gasteiger partial charge in [-0.15, -0.1) is 0 Å². The fourth-order valence-corrected chi connectivity index (χ4v) is 1.97. The molecule has 0 saturated carbocycles. The molecule has 0 unspecified atom stereocenters. The molecule has 1 aromatic carbocycles. The Morgan fingerprint density at radius 2 is 2.42 bits per heavy atom. The van der Waals surface area contributed by atoms with Crippen LogP contribution in [0.25, 0.3) is 11.3 Å². The van der Waals surface area contributed by atoms with Gasteiger partial charge in [0.25, 0.3) is 0 Å². The molecule has 7 heteroatoms. The van der Waals surface area contributed by atoms with Crippen molar-refractivity contribution < 1.29 is 4.42 Å². The highest BCUT2D eigenvalue weighted by atomic mass is 35.5. The molecule has 1 heterocycles. The van der Waals surface area contributed by atoms with E-state index in [9.17, 15) is 0 Å². The number of hydrogen-bond donors (Lipinski definition) is 1. The van der Waals surface area contributed by atoms with Crippen molar-refractivity contribution in [2.75, 3.05) is 6.26 Å². The molecule has 96 valence electrons. The Morgan fingerprint density at radius 1 is 1.58 bits per heavy atom. The Hall–Kier alpha value is -1.97. The summed E-state index contributed by atoms with van der Waals surface area (Å²) in [5.41, 5.74) is 1.38. The predicted molar refractivity (Wildman–Crippen MR) is 76.3 cm³/mol. The summed E-state index contributed by atoms with van der Waals surface area (Å²) in [7, 11) is 0. The number of nitrogens with zero attached hydrogens (tertiary/aromatic N) is 3. The highest BCUT2D eigenvalue weighted by Crippen LogP contribution is 2.31. The second kappa shape index (κ2) is 6.27. The number of rotatable bonds is 2. The van der Waals surface area contributed by atoms with Crippen LogP contribution in [-0.2, 0) is 0 Å². The molecule has 0 aliphatic rings. The van der Waals surface area contributed by atoms with Crippen LogP contribution in [0.4, 0.5) is 5.69 Å². The van der Waals surface area contributed by atoms with Gasteiger partial charge in [0.2, 0.25) is 0 Å². The molecule has 0 aliphatic heterocycles. The van der Waals surface area contributed by atoms with Crippen molar-refractivity contribution >= 4 is 34.2 Å². The highest BCUT2D eigenvalue weighted by Gasteiger charge is 2.08. The number of aromatic nitrogens is 1. The molecular weight excluding hydrogens is 284 g/mol. The Labute approximate surface area is 119 Å². The lowest BCUT2D eigenvalue weighted by atomic mass is 10.1. The predicted octanol–water partition coefficient (Wildman–Crippen LogP) is 3.42. The standard InChI is InChI=1S/C12H9ClN4OS/c1-19-12(16-6-14)17-8-2-3-10(13)9(4-8)11-5-15-7-18-11/h2-5,7H,1H3,(H,16,17). The van der Waals surface area contributed by atoms with Gasteiger partial charge in [-0.1, -0.05) is 23.4 Å². The van der Waals surface area contributed by atoms with Gasteiger partial charge in [0, 0.05) is 5.56 Å². The van der Waals surface area contributed by atoms with Crippen LogP contribution in [0, 0.1) is 11.5 Å². The van der Waals surface area contributed by atoms with Gasteiger partial charge < -0.3 is 4.42 Å². The third kappa shape index (κ3) is 3.28. The van der Waals surface area contributed by atoms with Crippen LogP contribution in [0.15, 0.2) is 40.2 Å². The number of nitriles is 1. The largest absolute Gasteiger partial charge is 0.443 e. The first-order chi connectivity index (χ1) is 9.24. The van der Waals surface area contributed by atoms with E-state index < -0.39 is 0 Å².